The Morgan fingerprint density at radius 3 is 2.76 bits per heavy atom. The molecule has 0 N–H and O–H groups in total. The Hall–Kier alpha value is -2.73. The second-order valence-corrected chi connectivity index (χ2v) is 7.47. The third kappa shape index (κ3) is 3.31. The molecule has 0 saturated heterocycles. The zero-order chi connectivity index (χ0) is 20.5. The summed E-state index contributed by atoms with van der Waals surface area (Å²) in [6.45, 7) is 9.56. The van der Waals surface area contributed by atoms with Crippen LogP contribution in [0.25, 0.3) is 11.0 Å². The zero-order valence-electron chi connectivity index (χ0n) is 17.0. The number of benzene rings is 1. The molecule has 0 amide bonds. The molecule has 0 radical (unpaired) electrons. The zero-order valence-corrected chi connectivity index (χ0v) is 17.7. The Balaban J connectivity index is 1.90. The van der Waals surface area contributed by atoms with Crippen LogP contribution in [0.5, 0.6) is 5.88 Å². The van der Waals surface area contributed by atoms with E-state index in [2.05, 4.69) is 28.0 Å². The van der Waals surface area contributed by atoms with Gasteiger partial charge in [-0.2, -0.15) is 0 Å². The van der Waals surface area contributed by atoms with Gasteiger partial charge in [0.25, 0.3) is 0 Å². The van der Waals surface area contributed by atoms with Crippen LogP contribution in [0.3, 0.4) is 0 Å². The van der Waals surface area contributed by atoms with Gasteiger partial charge in [-0.05, 0) is 31.9 Å². The van der Waals surface area contributed by atoms with E-state index < -0.39 is 0 Å². The average molecular weight is 413 g/mol. The third-order valence-electron chi connectivity index (χ3n) is 5.37. The fourth-order valence-corrected chi connectivity index (χ4v) is 4.24. The van der Waals surface area contributed by atoms with Gasteiger partial charge in [-0.1, -0.05) is 31.2 Å². The van der Waals surface area contributed by atoms with Crippen LogP contribution in [0.1, 0.15) is 37.1 Å². The van der Waals surface area contributed by atoms with E-state index in [0.29, 0.717) is 10.9 Å². The molecule has 1 aromatic carbocycles. The fraction of sp³-hybridized carbons (Fsp3) is 0.364. The first-order valence-corrected chi connectivity index (χ1v) is 10.2. The molecule has 3 heterocycles. The van der Waals surface area contributed by atoms with Crippen molar-refractivity contribution in [2.45, 2.75) is 39.3 Å². The van der Waals surface area contributed by atoms with E-state index in [1.165, 1.54) is 6.26 Å². The molecule has 0 fully saturated rings. The minimum Gasteiger partial charge on any atom is -0.494 e. The molecule has 1 atom stereocenters. The lowest BCUT2D eigenvalue weighted by Gasteiger charge is -2.30. The fourth-order valence-electron chi connectivity index (χ4n) is 4.05. The standard InChI is InChI=1S/C22H25ClN4O2/c1-5-18(29-6-2)15-8-9-16(23)20-21(15)27-13-7-12-26(22(27)25-20)17-10-11-19(28-4)24-14(17)3/h6,8-11,18H,2,5,7,12-13H2,1,3-4H3. The number of hydrogen-bond acceptors (Lipinski definition) is 5. The highest BCUT2D eigenvalue weighted by molar-refractivity contribution is 6.35. The Morgan fingerprint density at radius 1 is 1.24 bits per heavy atom. The maximum absolute atomic E-state index is 6.55. The van der Waals surface area contributed by atoms with Crippen LogP contribution < -0.4 is 9.64 Å². The van der Waals surface area contributed by atoms with E-state index in [1.54, 1.807) is 7.11 Å². The number of rotatable bonds is 6. The molecular weight excluding hydrogens is 388 g/mol. The lowest BCUT2D eigenvalue weighted by molar-refractivity contribution is 0.144. The van der Waals surface area contributed by atoms with Gasteiger partial charge in [-0.15, -0.1) is 0 Å². The summed E-state index contributed by atoms with van der Waals surface area (Å²) in [6, 6.07) is 7.86. The van der Waals surface area contributed by atoms with E-state index in [1.807, 2.05) is 31.2 Å². The molecule has 4 rings (SSSR count). The molecule has 0 saturated carbocycles. The van der Waals surface area contributed by atoms with Gasteiger partial charge >= 0.3 is 0 Å². The molecule has 0 bridgehead atoms. The SMILES string of the molecule is C=COC(CC)c1ccc(Cl)c2nc3n(c12)CCCN3c1ccc(OC)nc1C. The summed E-state index contributed by atoms with van der Waals surface area (Å²) in [7, 11) is 1.63. The third-order valence-corrected chi connectivity index (χ3v) is 5.68. The summed E-state index contributed by atoms with van der Waals surface area (Å²) in [4.78, 5) is 11.7. The molecule has 0 spiro atoms. The second kappa shape index (κ2) is 7.95. The summed E-state index contributed by atoms with van der Waals surface area (Å²) in [5.41, 5.74) is 4.84. The van der Waals surface area contributed by atoms with Crippen molar-refractivity contribution < 1.29 is 9.47 Å². The number of aromatic nitrogens is 3. The van der Waals surface area contributed by atoms with Gasteiger partial charge < -0.3 is 18.9 Å². The van der Waals surface area contributed by atoms with Gasteiger partial charge in [0, 0.05) is 24.7 Å². The number of methoxy groups -OCH3 is 1. The summed E-state index contributed by atoms with van der Waals surface area (Å²) >= 11 is 6.55. The Labute approximate surface area is 175 Å². The Bertz CT molecular complexity index is 1060. The van der Waals surface area contributed by atoms with Crippen LogP contribution in [0.2, 0.25) is 5.02 Å². The number of nitrogens with zero attached hydrogens (tertiary/aromatic N) is 4. The summed E-state index contributed by atoms with van der Waals surface area (Å²) in [5, 5.41) is 0.642. The maximum atomic E-state index is 6.55. The van der Waals surface area contributed by atoms with Crippen LogP contribution >= 0.6 is 11.6 Å². The number of ether oxygens (including phenoxy) is 2. The molecule has 1 unspecified atom stereocenters. The highest BCUT2D eigenvalue weighted by Crippen LogP contribution is 2.39. The monoisotopic (exact) mass is 412 g/mol. The summed E-state index contributed by atoms with van der Waals surface area (Å²) in [6.07, 6.45) is 3.23. The van der Waals surface area contributed by atoms with Gasteiger partial charge in [0.15, 0.2) is 0 Å². The quantitative estimate of drug-likeness (QED) is 0.496. The second-order valence-electron chi connectivity index (χ2n) is 7.06. The first-order valence-electron chi connectivity index (χ1n) is 9.83. The normalized spacial score (nSPS) is 14.6. The molecule has 3 aromatic rings. The molecule has 0 aliphatic carbocycles. The highest BCUT2D eigenvalue weighted by Gasteiger charge is 2.28. The van der Waals surface area contributed by atoms with E-state index in [-0.39, 0.29) is 6.10 Å². The average Bonchev–Trinajstić information content (AvgIpc) is 3.13. The van der Waals surface area contributed by atoms with Crippen molar-refractivity contribution in [2.75, 3.05) is 18.6 Å². The van der Waals surface area contributed by atoms with Crippen molar-refractivity contribution in [2.24, 2.45) is 0 Å². The molecule has 1 aliphatic heterocycles. The van der Waals surface area contributed by atoms with E-state index in [4.69, 9.17) is 26.1 Å². The molecule has 29 heavy (non-hydrogen) atoms. The van der Waals surface area contributed by atoms with E-state index >= 15 is 0 Å². The largest absolute Gasteiger partial charge is 0.494 e. The van der Waals surface area contributed by atoms with Gasteiger partial charge in [0.1, 0.15) is 11.6 Å². The number of pyridine rings is 1. The first kappa shape index (κ1) is 19.6. The maximum Gasteiger partial charge on any atom is 0.213 e. The summed E-state index contributed by atoms with van der Waals surface area (Å²) < 4.78 is 13.3. The van der Waals surface area contributed by atoms with Gasteiger partial charge in [0.05, 0.1) is 35.3 Å². The number of hydrogen-bond donors (Lipinski definition) is 0. The van der Waals surface area contributed by atoms with E-state index in [0.717, 1.165) is 59.9 Å². The molecule has 2 aromatic heterocycles. The van der Waals surface area contributed by atoms with Crippen molar-refractivity contribution in [3.05, 3.63) is 53.4 Å². The Kier molecular flexibility index (Phi) is 5.37. The smallest absolute Gasteiger partial charge is 0.213 e. The van der Waals surface area contributed by atoms with E-state index in [9.17, 15) is 0 Å². The van der Waals surface area contributed by atoms with Gasteiger partial charge in [-0.25, -0.2) is 9.97 Å². The number of anilines is 2. The predicted octanol–water partition coefficient (Wildman–Crippen LogP) is 5.55. The number of aryl methyl sites for hydroxylation is 2. The summed E-state index contributed by atoms with van der Waals surface area (Å²) in [5.74, 6) is 1.48. The van der Waals surface area contributed by atoms with Gasteiger partial charge in [0.2, 0.25) is 11.8 Å². The van der Waals surface area contributed by atoms with Crippen LogP contribution in [0, 0.1) is 6.92 Å². The number of imidazole rings is 1. The molecule has 6 nitrogen and oxygen atoms in total. The number of halogens is 1. The molecule has 152 valence electrons. The predicted molar refractivity (Wildman–Crippen MR) is 116 cm³/mol. The lowest BCUT2D eigenvalue weighted by atomic mass is 10.0. The minimum atomic E-state index is -0.0900. The van der Waals surface area contributed by atoms with Crippen molar-refractivity contribution in [3.8, 4) is 5.88 Å². The van der Waals surface area contributed by atoms with Gasteiger partial charge in [-0.3, -0.25) is 0 Å². The van der Waals surface area contributed by atoms with Crippen LogP contribution in [-0.4, -0.2) is 28.2 Å². The van der Waals surface area contributed by atoms with Crippen molar-refractivity contribution in [1.82, 2.24) is 14.5 Å². The van der Waals surface area contributed by atoms with Crippen LogP contribution in [0.15, 0.2) is 37.1 Å². The number of fused-ring (bicyclic) bond motifs is 3. The Morgan fingerprint density at radius 2 is 2.07 bits per heavy atom. The highest BCUT2D eigenvalue weighted by atomic mass is 35.5. The molecule has 7 heteroatoms. The topological polar surface area (TPSA) is 52.4 Å². The van der Waals surface area contributed by atoms with Crippen molar-refractivity contribution >= 4 is 34.3 Å². The molecular formula is C22H25ClN4O2. The molecule has 1 aliphatic rings. The first-order chi connectivity index (χ1) is 14.1. The van der Waals surface area contributed by atoms with Crippen molar-refractivity contribution in [1.29, 1.82) is 0 Å². The minimum absolute atomic E-state index is 0.0900. The van der Waals surface area contributed by atoms with Crippen LogP contribution in [0.4, 0.5) is 11.6 Å². The lowest BCUT2D eigenvalue weighted by Crippen LogP contribution is -2.29. The van der Waals surface area contributed by atoms with Crippen LogP contribution in [-0.2, 0) is 11.3 Å². The van der Waals surface area contributed by atoms with Crippen molar-refractivity contribution in [3.63, 3.8) is 0 Å².